The van der Waals surface area contributed by atoms with Crippen LogP contribution < -0.4 is 10.6 Å². The molecule has 0 spiro atoms. The summed E-state index contributed by atoms with van der Waals surface area (Å²) in [7, 11) is 1.76. The SMILES string of the molecule is CNCC(=O)NCc1ccc(C(C)C)cc1. The fraction of sp³-hybridized carbons (Fsp3) is 0.462. The van der Waals surface area contributed by atoms with Crippen molar-refractivity contribution in [1.82, 2.24) is 10.6 Å². The van der Waals surface area contributed by atoms with Gasteiger partial charge in [-0.2, -0.15) is 0 Å². The van der Waals surface area contributed by atoms with Gasteiger partial charge in [0.2, 0.25) is 5.91 Å². The zero-order valence-electron chi connectivity index (χ0n) is 10.2. The highest BCUT2D eigenvalue weighted by Gasteiger charge is 2.01. The lowest BCUT2D eigenvalue weighted by Gasteiger charge is -2.08. The molecule has 3 heteroatoms. The molecule has 0 saturated heterocycles. The quantitative estimate of drug-likeness (QED) is 0.792. The highest BCUT2D eigenvalue weighted by Crippen LogP contribution is 2.14. The number of carbonyl (C=O) groups is 1. The number of hydrogen-bond donors (Lipinski definition) is 2. The van der Waals surface area contributed by atoms with Crippen LogP contribution >= 0.6 is 0 Å². The zero-order valence-corrected chi connectivity index (χ0v) is 10.2. The molecule has 0 heterocycles. The van der Waals surface area contributed by atoms with Gasteiger partial charge in [-0.15, -0.1) is 0 Å². The van der Waals surface area contributed by atoms with Crippen LogP contribution in [0.25, 0.3) is 0 Å². The van der Waals surface area contributed by atoms with E-state index in [9.17, 15) is 4.79 Å². The van der Waals surface area contributed by atoms with Gasteiger partial charge in [0.05, 0.1) is 6.54 Å². The van der Waals surface area contributed by atoms with Gasteiger partial charge in [0.1, 0.15) is 0 Å². The highest BCUT2D eigenvalue weighted by molar-refractivity contribution is 5.77. The summed E-state index contributed by atoms with van der Waals surface area (Å²) in [6, 6.07) is 8.36. The molecule has 0 saturated carbocycles. The Kier molecular flexibility index (Phi) is 4.99. The summed E-state index contributed by atoms with van der Waals surface area (Å²) in [5.74, 6) is 0.573. The number of likely N-dealkylation sites (N-methyl/N-ethyl adjacent to an activating group) is 1. The maximum atomic E-state index is 11.2. The molecule has 0 radical (unpaired) electrons. The van der Waals surface area contributed by atoms with Gasteiger partial charge < -0.3 is 10.6 Å². The number of carbonyl (C=O) groups excluding carboxylic acids is 1. The van der Waals surface area contributed by atoms with Crippen LogP contribution in [0.15, 0.2) is 24.3 Å². The Balaban J connectivity index is 2.46. The second-order valence-electron chi connectivity index (χ2n) is 4.20. The van der Waals surface area contributed by atoms with Crippen LogP contribution in [-0.4, -0.2) is 19.5 Å². The standard InChI is InChI=1S/C13H20N2O/c1-10(2)12-6-4-11(5-7-12)8-15-13(16)9-14-3/h4-7,10,14H,8-9H2,1-3H3,(H,15,16). The van der Waals surface area contributed by atoms with Crippen LogP contribution in [0.1, 0.15) is 30.9 Å². The van der Waals surface area contributed by atoms with Gasteiger partial charge in [0.15, 0.2) is 0 Å². The Morgan fingerprint density at radius 2 is 1.88 bits per heavy atom. The van der Waals surface area contributed by atoms with Crippen molar-refractivity contribution in [2.45, 2.75) is 26.3 Å². The minimum atomic E-state index is 0.0236. The molecule has 88 valence electrons. The fourth-order valence-corrected chi connectivity index (χ4v) is 1.44. The van der Waals surface area contributed by atoms with Crippen LogP contribution in [0.5, 0.6) is 0 Å². The van der Waals surface area contributed by atoms with Crippen LogP contribution in [-0.2, 0) is 11.3 Å². The Bertz CT molecular complexity index is 330. The van der Waals surface area contributed by atoms with E-state index in [2.05, 4.69) is 48.7 Å². The Morgan fingerprint density at radius 1 is 1.25 bits per heavy atom. The Hall–Kier alpha value is -1.35. The number of rotatable bonds is 5. The number of nitrogens with one attached hydrogen (secondary N) is 2. The molecule has 0 unspecified atom stereocenters. The molecule has 0 aliphatic heterocycles. The van der Waals surface area contributed by atoms with Gasteiger partial charge in [0.25, 0.3) is 0 Å². The first kappa shape index (κ1) is 12.7. The molecule has 3 nitrogen and oxygen atoms in total. The van der Waals surface area contributed by atoms with E-state index in [4.69, 9.17) is 0 Å². The predicted molar refractivity (Wildman–Crippen MR) is 66.3 cm³/mol. The zero-order chi connectivity index (χ0) is 12.0. The van der Waals surface area contributed by atoms with E-state index in [0.717, 1.165) is 5.56 Å². The number of amides is 1. The van der Waals surface area contributed by atoms with E-state index >= 15 is 0 Å². The van der Waals surface area contributed by atoms with Crippen molar-refractivity contribution in [1.29, 1.82) is 0 Å². The second-order valence-corrected chi connectivity index (χ2v) is 4.20. The van der Waals surface area contributed by atoms with Crippen molar-refractivity contribution in [3.05, 3.63) is 35.4 Å². The van der Waals surface area contributed by atoms with Gasteiger partial charge >= 0.3 is 0 Å². The second kappa shape index (κ2) is 6.28. The lowest BCUT2D eigenvalue weighted by Crippen LogP contribution is -2.31. The topological polar surface area (TPSA) is 41.1 Å². The van der Waals surface area contributed by atoms with E-state index in [-0.39, 0.29) is 5.91 Å². The lowest BCUT2D eigenvalue weighted by atomic mass is 10.0. The molecule has 0 aliphatic rings. The Labute approximate surface area is 97.2 Å². The normalized spacial score (nSPS) is 10.5. The van der Waals surface area contributed by atoms with Crippen LogP contribution in [0.3, 0.4) is 0 Å². The monoisotopic (exact) mass is 220 g/mol. The van der Waals surface area contributed by atoms with Crippen molar-refractivity contribution in [2.24, 2.45) is 0 Å². The summed E-state index contributed by atoms with van der Waals surface area (Å²) in [6.45, 7) is 5.30. The summed E-state index contributed by atoms with van der Waals surface area (Å²) < 4.78 is 0. The van der Waals surface area contributed by atoms with Gasteiger partial charge in [0, 0.05) is 6.54 Å². The number of benzene rings is 1. The first-order valence-electron chi connectivity index (χ1n) is 5.63. The lowest BCUT2D eigenvalue weighted by molar-refractivity contribution is -0.120. The third kappa shape index (κ3) is 4.03. The minimum Gasteiger partial charge on any atom is -0.351 e. The molecule has 0 bridgehead atoms. The smallest absolute Gasteiger partial charge is 0.234 e. The maximum absolute atomic E-state index is 11.2. The molecule has 0 aromatic heterocycles. The first-order valence-corrected chi connectivity index (χ1v) is 5.63. The van der Waals surface area contributed by atoms with E-state index in [0.29, 0.717) is 19.0 Å². The van der Waals surface area contributed by atoms with Gasteiger partial charge in [-0.05, 0) is 24.1 Å². The Morgan fingerprint density at radius 3 is 2.38 bits per heavy atom. The molecule has 1 amide bonds. The molecule has 2 N–H and O–H groups in total. The van der Waals surface area contributed by atoms with E-state index in [1.54, 1.807) is 7.05 Å². The number of hydrogen-bond acceptors (Lipinski definition) is 2. The van der Waals surface area contributed by atoms with Crippen molar-refractivity contribution in [3.63, 3.8) is 0 Å². The van der Waals surface area contributed by atoms with Gasteiger partial charge in [-0.25, -0.2) is 0 Å². The third-order valence-corrected chi connectivity index (χ3v) is 2.47. The van der Waals surface area contributed by atoms with E-state index in [1.807, 2.05) is 0 Å². The van der Waals surface area contributed by atoms with Crippen LogP contribution in [0.2, 0.25) is 0 Å². The molecule has 0 fully saturated rings. The van der Waals surface area contributed by atoms with E-state index < -0.39 is 0 Å². The third-order valence-electron chi connectivity index (χ3n) is 2.47. The van der Waals surface area contributed by atoms with Crippen molar-refractivity contribution in [2.75, 3.05) is 13.6 Å². The summed E-state index contributed by atoms with van der Waals surface area (Å²) in [5, 5.41) is 5.66. The highest BCUT2D eigenvalue weighted by atomic mass is 16.1. The van der Waals surface area contributed by atoms with Crippen LogP contribution in [0, 0.1) is 0 Å². The van der Waals surface area contributed by atoms with Crippen molar-refractivity contribution >= 4 is 5.91 Å². The average molecular weight is 220 g/mol. The average Bonchev–Trinajstić information content (AvgIpc) is 2.27. The molecular weight excluding hydrogens is 200 g/mol. The summed E-state index contributed by atoms with van der Waals surface area (Å²) >= 11 is 0. The summed E-state index contributed by atoms with van der Waals surface area (Å²) in [6.07, 6.45) is 0. The minimum absolute atomic E-state index is 0.0236. The predicted octanol–water partition coefficient (Wildman–Crippen LogP) is 1.65. The first-order chi connectivity index (χ1) is 7.63. The van der Waals surface area contributed by atoms with Gasteiger partial charge in [-0.1, -0.05) is 38.1 Å². The van der Waals surface area contributed by atoms with E-state index in [1.165, 1.54) is 5.56 Å². The molecule has 0 atom stereocenters. The summed E-state index contributed by atoms with van der Waals surface area (Å²) in [4.78, 5) is 11.2. The largest absolute Gasteiger partial charge is 0.351 e. The molecular formula is C13H20N2O. The molecule has 16 heavy (non-hydrogen) atoms. The molecule has 1 aromatic carbocycles. The summed E-state index contributed by atoms with van der Waals surface area (Å²) in [5.41, 5.74) is 2.46. The molecule has 0 aliphatic carbocycles. The van der Waals surface area contributed by atoms with Crippen molar-refractivity contribution < 1.29 is 4.79 Å². The molecule has 1 aromatic rings. The van der Waals surface area contributed by atoms with Crippen molar-refractivity contribution in [3.8, 4) is 0 Å². The maximum Gasteiger partial charge on any atom is 0.234 e. The van der Waals surface area contributed by atoms with Crippen LogP contribution in [0.4, 0.5) is 0 Å². The molecule has 1 rings (SSSR count). The van der Waals surface area contributed by atoms with Gasteiger partial charge in [-0.3, -0.25) is 4.79 Å². The fourth-order valence-electron chi connectivity index (χ4n) is 1.44.